The van der Waals surface area contributed by atoms with Crippen molar-refractivity contribution in [1.29, 1.82) is 0 Å². The molecule has 180 valence electrons. The lowest BCUT2D eigenvalue weighted by Crippen LogP contribution is -2.37. The number of hydrogen-bond acceptors (Lipinski definition) is 3. The van der Waals surface area contributed by atoms with Crippen molar-refractivity contribution < 1.29 is 27.8 Å². The predicted molar refractivity (Wildman–Crippen MR) is 121 cm³/mol. The van der Waals surface area contributed by atoms with Gasteiger partial charge in [-0.25, -0.2) is 0 Å². The zero-order valence-electron chi connectivity index (χ0n) is 19.2. The Morgan fingerprint density at radius 3 is 2.30 bits per heavy atom. The fraction of sp³-hybridized carbons (Fsp3) is 0.577. The molecule has 2 aliphatic rings. The van der Waals surface area contributed by atoms with Gasteiger partial charge in [-0.15, -0.1) is 0 Å². The van der Waals surface area contributed by atoms with Crippen molar-refractivity contribution in [1.82, 2.24) is 4.90 Å². The van der Waals surface area contributed by atoms with E-state index in [1.54, 1.807) is 18.2 Å². The highest BCUT2D eigenvalue weighted by Gasteiger charge is 2.38. The molecule has 0 radical (unpaired) electrons. The highest BCUT2D eigenvalue weighted by Crippen LogP contribution is 2.43. The number of halogens is 3. The van der Waals surface area contributed by atoms with Crippen LogP contribution < -0.4 is 4.74 Å². The molecule has 1 saturated carbocycles. The van der Waals surface area contributed by atoms with Gasteiger partial charge in [0, 0.05) is 6.04 Å². The van der Waals surface area contributed by atoms with Crippen LogP contribution in [0.25, 0.3) is 10.8 Å². The van der Waals surface area contributed by atoms with Crippen molar-refractivity contribution >= 4 is 16.7 Å². The van der Waals surface area contributed by atoms with Crippen molar-refractivity contribution in [3.8, 4) is 5.75 Å². The molecule has 0 spiro atoms. The Kier molecular flexibility index (Phi) is 6.89. The number of rotatable bonds is 5. The van der Waals surface area contributed by atoms with Crippen molar-refractivity contribution in [3.05, 3.63) is 41.5 Å². The molecule has 2 fully saturated rings. The molecule has 4 nitrogen and oxygen atoms in total. The van der Waals surface area contributed by atoms with Gasteiger partial charge in [-0.3, -0.25) is 9.69 Å². The first-order valence-electron chi connectivity index (χ1n) is 11.9. The molecule has 1 unspecified atom stereocenters. The number of piperidine rings is 1. The van der Waals surface area contributed by atoms with Crippen LogP contribution in [-0.4, -0.2) is 35.2 Å². The number of ether oxygens (including phenoxy) is 1. The smallest absolute Gasteiger partial charge is 0.420 e. The molecule has 0 amide bonds. The highest BCUT2D eigenvalue weighted by atomic mass is 19.4. The summed E-state index contributed by atoms with van der Waals surface area (Å²) in [6, 6.07) is 8.32. The summed E-state index contributed by atoms with van der Waals surface area (Å²) in [4.78, 5) is 13.4. The number of benzene rings is 2. The summed E-state index contributed by atoms with van der Waals surface area (Å²) in [6.45, 7) is 5.37. The molecule has 33 heavy (non-hydrogen) atoms. The summed E-state index contributed by atoms with van der Waals surface area (Å²) in [6.07, 6.45) is -0.104. The van der Waals surface area contributed by atoms with Gasteiger partial charge in [0.1, 0.15) is 11.3 Å². The Labute approximate surface area is 192 Å². The summed E-state index contributed by atoms with van der Waals surface area (Å²) in [5.74, 6) is -0.609. The third-order valence-corrected chi connectivity index (χ3v) is 7.46. The first-order valence-corrected chi connectivity index (χ1v) is 11.9. The number of hydrogen-bond donors (Lipinski definition) is 1. The molecular weight excluding hydrogens is 431 g/mol. The Balaban J connectivity index is 1.63. The van der Waals surface area contributed by atoms with E-state index >= 15 is 0 Å². The summed E-state index contributed by atoms with van der Waals surface area (Å²) < 4.78 is 48.7. The molecule has 1 atom stereocenters. The Morgan fingerprint density at radius 1 is 1.06 bits per heavy atom. The number of alkyl halides is 3. The van der Waals surface area contributed by atoms with Gasteiger partial charge in [0.15, 0.2) is 0 Å². The molecule has 1 saturated heterocycles. The van der Waals surface area contributed by atoms with Crippen LogP contribution in [0.5, 0.6) is 5.75 Å². The Morgan fingerprint density at radius 2 is 1.70 bits per heavy atom. The van der Waals surface area contributed by atoms with E-state index in [2.05, 4.69) is 11.8 Å². The minimum absolute atomic E-state index is 0.0818. The van der Waals surface area contributed by atoms with E-state index in [0.29, 0.717) is 37.2 Å². The molecular formula is C26H32F3NO3. The van der Waals surface area contributed by atoms with Crippen LogP contribution in [0.3, 0.4) is 0 Å². The summed E-state index contributed by atoms with van der Waals surface area (Å²) >= 11 is 0. The number of aliphatic carboxylic acids is 1. The van der Waals surface area contributed by atoms with Crippen LogP contribution in [0.1, 0.15) is 69.5 Å². The fourth-order valence-corrected chi connectivity index (χ4v) is 5.24. The molecule has 1 aliphatic heterocycles. The Hall–Kier alpha value is -2.28. The van der Waals surface area contributed by atoms with Gasteiger partial charge in [-0.05, 0) is 92.9 Å². The van der Waals surface area contributed by atoms with Crippen LogP contribution in [0.2, 0.25) is 0 Å². The molecule has 2 aromatic carbocycles. The minimum Gasteiger partial charge on any atom is -0.490 e. The average molecular weight is 464 g/mol. The van der Waals surface area contributed by atoms with Gasteiger partial charge in [0.25, 0.3) is 0 Å². The standard InChI is InChI=1S/C26H32F3NO3/c1-16-3-8-21(9-4-16)33-23-10-7-18-5-6-20(15-22(18)24(23)26(27,28)29)17(2)30-13-11-19(12-14-30)25(31)32/h5-7,10,15-17,19,21H,3-4,8-9,11-14H2,1-2H3,(H,31,32)/t16-,17?,21+. The number of likely N-dealkylation sites (tertiary alicyclic amines) is 1. The van der Waals surface area contributed by atoms with E-state index < -0.39 is 17.7 Å². The van der Waals surface area contributed by atoms with E-state index in [1.165, 1.54) is 6.07 Å². The monoisotopic (exact) mass is 463 g/mol. The molecule has 0 aromatic heterocycles. The SMILES string of the molecule is CC(c1ccc2ccc(O[C@H]3CC[C@@H](C)CC3)c(C(F)(F)F)c2c1)N1CCC(C(=O)O)CC1. The van der Waals surface area contributed by atoms with E-state index in [4.69, 9.17) is 4.74 Å². The number of carboxylic acids is 1. The van der Waals surface area contributed by atoms with Crippen molar-refractivity contribution in [2.45, 2.75) is 70.7 Å². The number of nitrogens with zero attached hydrogens (tertiary/aromatic N) is 1. The maximum atomic E-state index is 14.3. The lowest BCUT2D eigenvalue weighted by molar-refractivity contribution is -0.143. The highest BCUT2D eigenvalue weighted by molar-refractivity contribution is 5.89. The van der Waals surface area contributed by atoms with Crippen molar-refractivity contribution in [2.75, 3.05) is 13.1 Å². The molecule has 7 heteroatoms. The van der Waals surface area contributed by atoms with Crippen LogP contribution >= 0.6 is 0 Å². The number of carbonyl (C=O) groups is 1. The Bertz CT molecular complexity index is 990. The third-order valence-electron chi connectivity index (χ3n) is 7.46. The molecule has 0 bridgehead atoms. The maximum Gasteiger partial charge on any atom is 0.420 e. The topological polar surface area (TPSA) is 49.8 Å². The third kappa shape index (κ3) is 5.29. The largest absolute Gasteiger partial charge is 0.490 e. The summed E-state index contributed by atoms with van der Waals surface area (Å²) in [7, 11) is 0. The lowest BCUT2D eigenvalue weighted by Gasteiger charge is -2.35. The number of carboxylic acid groups (broad SMARTS) is 1. The van der Waals surface area contributed by atoms with Crippen LogP contribution in [-0.2, 0) is 11.0 Å². The van der Waals surface area contributed by atoms with Gasteiger partial charge in [-0.1, -0.05) is 25.1 Å². The first-order chi connectivity index (χ1) is 15.6. The first kappa shape index (κ1) is 23.9. The maximum absolute atomic E-state index is 14.3. The van der Waals surface area contributed by atoms with Crippen LogP contribution in [0.15, 0.2) is 30.3 Å². The van der Waals surface area contributed by atoms with Crippen molar-refractivity contribution in [2.24, 2.45) is 11.8 Å². The van der Waals surface area contributed by atoms with Crippen LogP contribution in [0, 0.1) is 11.8 Å². The van der Waals surface area contributed by atoms with Gasteiger partial charge >= 0.3 is 12.1 Å². The number of fused-ring (bicyclic) bond motifs is 1. The minimum atomic E-state index is -4.53. The summed E-state index contributed by atoms with van der Waals surface area (Å²) in [5, 5.41) is 9.92. The van der Waals surface area contributed by atoms with Crippen molar-refractivity contribution in [3.63, 3.8) is 0 Å². The quantitative estimate of drug-likeness (QED) is 0.538. The summed E-state index contributed by atoms with van der Waals surface area (Å²) in [5.41, 5.74) is 0.0997. The fourth-order valence-electron chi connectivity index (χ4n) is 5.24. The van der Waals surface area contributed by atoms with Gasteiger partial charge in [0.2, 0.25) is 0 Å². The molecule has 4 rings (SSSR count). The zero-order valence-corrected chi connectivity index (χ0v) is 19.2. The molecule has 1 aliphatic carbocycles. The van der Waals surface area contributed by atoms with Gasteiger partial charge < -0.3 is 9.84 Å². The lowest BCUT2D eigenvalue weighted by atomic mass is 9.89. The van der Waals surface area contributed by atoms with E-state index in [0.717, 1.165) is 31.2 Å². The van der Waals surface area contributed by atoms with E-state index in [-0.39, 0.29) is 29.2 Å². The predicted octanol–water partition coefficient (Wildman–Crippen LogP) is 6.67. The normalized spacial score (nSPS) is 24.0. The van der Waals surface area contributed by atoms with Gasteiger partial charge in [-0.2, -0.15) is 13.2 Å². The molecule has 2 aromatic rings. The zero-order chi connectivity index (χ0) is 23.8. The van der Waals surface area contributed by atoms with Crippen LogP contribution in [0.4, 0.5) is 13.2 Å². The second-order valence-electron chi connectivity index (χ2n) is 9.74. The van der Waals surface area contributed by atoms with E-state index in [1.807, 2.05) is 13.0 Å². The van der Waals surface area contributed by atoms with E-state index in [9.17, 15) is 23.1 Å². The molecule has 1 N–H and O–H groups in total. The second-order valence-corrected chi connectivity index (χ2v) is 9.74. The van der Waals surface area contributed by atoms with Gasteiger partial charge in [0.05, 0.1) is 12.0 Å². The molecule has 1 heterocycles. The average Bonchev–Trinajstić information content (AvgIpc) is 2.78. The second kappa shape index (κ2) is 9.53.